The van der Waals surface area contributed by atoms with Crippen LogP contribution in [0.2, 0.25) is 0 Å². The van der Waals surface area contributed by atoms with Gasteiger partial charge in [0.15, 0.2) is 5.96 Å². The molecule has 0 aliphatic carbocycles. The van der Waals surface area contributed by atoms with Crippen molar-refractivity contribution in [2.24, 2.45) is 22.2 Å². The SMILES string of the molecule is CCOC(=O)CNC(=O)CNC(=O)C(N)CCCN=C(N)N. The molecule has 126 valence electrons. The van der Waals surface area contributed by atoms with E-state index in [9.17, 15) is 14.4 Å². The highest BCUT2D eigenvalue weighted by molar-refractivity contribution is 5.88. The summed E-state index contributed by atoms with van der Waals surface area (Å²) in [6.45, 7) is 1.77. The van der Waals surface area contributed by atoms with Crippen LogP contribution < -0.4 is 27.8 Å². The van der Waals surface area contributed by atoms with E-state index in [0.717, 1.165) is 0 Å². The van der Waals surface area contributed by atoms with Gasteiger partial charge in [-0.25, -0.2) is 0 Å². The van der Waals surface area contributed by atoms with Crippen molar-refractivity contribution in [2.75, 3.05) is 26.2 Å². The molecule has 0 radical (unpaired) electrons. The molecule has 1 unspecified atom stereocenters. The number of hydrogen-bond donors (Lipinski definition) is 5. The first-order valence-corrected chi connectivity index (χ1v) is 6.87. The van der Waals surface area contributed by atoms with E-state index >= 15 is 0 Å². The van der Waals surface area contributed by atoms with Crippen molar-refractivity contribution in [2.45, 2.75) is 25.8 Å². The average molecular weight is 316 g/mol. The van der Waals surface area contributed by atoms with Crippen LogP contribution >= 0.6 is 0 Å². The quantitative estimate of drug-likeness (QED) is 0.125. The Labute approximate surface area is 128 Å². The zero-order valence-corrected chi connectivity index (χ0v) is 12.6. The van der Waals surface area contributed by atoms with E-state index in [-0.39, 0.29) is 25.7 Å². The van der Waals surface area contributed by atoms with Crippen LogP contribution in [0.5, 0.6) is 0 Å². The minimum Gasteiger partial charge on any atom is -0.465 e. The third kappa shape index (κ3) is 10.4. The minimum absolute atomic E-state index is 0.0173. The van der Waals surface area contributed by atoms with Crippen LogP contribution in [-0.2, 0) is 19.1 Å². The molecule has 0 aromatic heterocycles. The molecule has 0 aliphatic heterocycles. The maximum atomic E-state index is 11.6. The Morgan fingerprint density at radius 2 is 1.86 bits per heavy atom. The Morgan fingerprint density at radius 1 is 1.18 bits per heavy atom. The highest BCUT2D eigenvalue weighted by Gasteiger charge is 2.14. The molecule has 0 aromatic carbocycles. The Morgan fingerprint density at radius 3 is 2.45 bits per heavy atom. The van der Waals surface area contributed by atoms with Crippen LogP contribution in [-0.4, -0.2) is 56.0 Å². The Kier molecular flexibility index (Phi) is 10.1. The zero-order valence-electron chi connectivity index (χ0n) is 12.6. The van der Waals surface area contributed by atoms with Gasteiger partial charge in [0.05, 0.1) is 19.2 Å². The summed E-state index contributed by atoms with van der Waals surface area (Å²) in [4.78, 5) is 37.8. The third-order valence-corrected chi connectivity index (χ3v) is 2.46. The summed E-state index contributed by atoms with van der Waals surface area (Å²) in [7, 11) is 0. The minimum atomic E-state index is -0.757. The summed E-state index contributed by atoms with van der Waals surface area (Å²) in [5, 5.41) is 4.69. The monoisotopic (exact) mass is 316 g/mol. The fourth-order valence-corrected chi connectivity index (χ4v) is 1.39. The summed E-state index contributed by atoms with van der Waals surface area (Å²) >= 11 is 0. The molecule has 2 amide bonds. The van der Waals surface area contributed by atoms with E-state index in [1.54, 1.807) is 6.92 Å². The number of guanidine groups is 1. The third-order valence-electron chi connectivity index (χ3n) is 2.46. The van der Waals surface area contributed by atoms with Crippen molar-refractivity contribution in [3.05, 3.63) is 0 Å². The number of carbonyl (C=O) groups is 3. The normalized spacial score (nSPS) is 11.2. The first-order chi connectivity index (χ1) is 10.4. The number of aliphatic imine (C=N–C) groups is 1. The second-order valence-corrected chi connectivity index (χ2v) is 4.35. The van der Waals surface area contributed by atoms with E-state index in [1.807, 2.05) is 0 Å². The second-order valence-electron chi connectivity index (χ2n) is 4.35. The summed E-state index contributed by atoms with van der Waals surface area (Å²) < 4.78 is 4.64. The van der Waals surface area contributed by atoms with E-state index in [1.165, 1.54) is 0 Å². The average Bonchev–Trinajstić information content (AvgIpc) is 2.46. The molecular formula is C12H24N6O4. The second kappa shape index (κ2) is 11.3. The van der Waals surface area contributed by atoms with E-state index in [0.29, 0.717) is 19.4 Å². The van der Waals surface area contributed by atoms with Crippen LogP contribution in [0.25, 0.3) is 0 Å². The first-order valence-electron chi connectivity index (χ1n) is 6.87. The number of nitrogens with two attached hydrogens (primary N) is 3. The molecule has 22 heavy (non-hydrogen) atoms. The van der Waals surface area contributed by atoms with Gasteiger partial charge in [0.2, 0.25) is 11.8 Å². The number of esters is 1. The van der Waals surface area contributed by atoms with E-state index in [2.05, 4.69) is 20.4 Å². The van der Waals surface area contributed by atoms with Crippen LogP contribution in [0.3, 0.4) is 0 Å². The largest absolute Gasteiger partial charge is 0.465 e. The highest BCUT2D eigenvalue weighted by Crippen LogP contribution is 1.95. The number of nitrogens with zero attached hydrogens (tertiary/aromatic N) is 1. The number of amides is 2. The maximum Gasteiger partial charge on any atom is 0.325 e. The molecule has 0 spiro atoms. The molecule has 0 aliphatic rings. The Hall–Kier alpha value is -2.36. The molecule has 10 nitrogen and oxygen atoms in total. The number of hydrogen-bond acceptors (Lipinski definition) is 6. The standard InChI is InChI=1S/C12H24N6O4/c1-2-22-10(20)7-17-9(19)6-18-11(21)8(13)4-3-5-16-12(14)15/h8H,2-7,13H2,1H3,(H,17,19)(H,18,21)(H4,14,15,16). The maximum absolute atomic E-state index is 11.6. The van der Waals surface area contributed by atoms with Gasteiger partial charge in [-0.2, -0.15) is 0 Å². The van der Waals surface area contributed by atoms with Gasteiger partial charge in [-0.3, -0.25) is 19.4 Å². The van der Waals surface area contributed by atoms with Crippen molar-refractivity contribution in [3.63, 3.8) is 0 Å². The topological polar surface area (TPSA) is 175 Å². The zero-order chi connectivity index (χ0) is 17.0. The summed E-state index contributed by atoms with van der Waals surface area (Å²) in [6.07, 6.45) is 0.925. The number of nitrogens with one attached hydrogen (secondary N) is 2. The summed E-state index contributed by atoms with van der Waals surface area (Å²) in [6, 6.07) is -0.757. The van der Waals surface area contributed by atoms with Gasteiger partial charge in [-0.15, -0.1) is 0 Å². The smallest absolute Gasteiger partial charge is 0.325 e. The van der Waals surface area contributed by atoms with Crippen LogP contribution in [0.4, 0.5) is 0 Å². The van der Waals surface area contributed by atoms with Gasteiger partial charge in [0.1, 0.15) is 6.54 Å². The predicted molar refractivity (Wildman–Crippen MR) is 80.5 cm³/mol. The highest BCUT2D eigenvalue weighted by atomic mass is 16.5. The van der Waals surface area contributed by atoms with Gasteiger partial charge in [0.25, 0.3) is 0 Å². The molecule has 0 fully saturated rings. The molecule has 0 bridgehead atoms. The van der Waals surface area contributed by atoms with E-state index in [4.69, 9.17) is 17.2 Å². The first kappa shape index (κ1) is 19.6. The van der Waals surface area contributed by atoms with Crippen molar-refractivity contribution in [1.29, 1.82) is 0 Å². The van der Waals surface area contributed by atoms with Gasteiger partial charge in [-0.1, -0.05) is 0 Å². The van der Waals surface area contributed by atoms with Gasteiger partial charge in [-0.05, 0) is 19.8 Å². The molecule has 10 heteroatoms. The molecular weight excluding hydrogens is 292 g/mol. The molecule has 0 rings (SSSR count). The number of carbonyl (C=O) groups excluding carboxylic acids is 3. The lowest BCUT2D eigenvalue weighted by Gasteiger charge is -2.11. The molecule has 0 saturated carbocycles. The van der Waals surface area contributed by atoms with Crippen LogP contribution in [0.15, 0.2) is 4.99 Å². The Balaban J connectivity index is 3.84. The predicted octanol–water partition coefficient (Wildman–Crippen LogP) is -2.84. The lowest BCUT2D eigenvalue weighted by molar-refractivity contribution is -0.143. The van der Waals surface area contributed by atoms with Gasteiger partial charge < -0.3 is 32.6 Å². The fourth-order valence-electron chi connectivity index (χ4n) is 1.39. The molecule has 1 atom stereocenters. The van der Waals surface area contributed by atoms with Gasteiger partial charge in [0, 0.05) is 6.54 Å². The summed E-state index contributed by atoms with van der Waals surface area (Å²) in [5.74, 6) is -1.53. The van der Waals surface area contributed by atoms with Crippen LogP contribution in [0.1, 0.15) is 19.8 Å². The van der Waals surface area contributed by atoms with Crippen molar-refractivity contribution in [3.8, 4) is 0 Å². The van der Waals surface area contributed by atoms with Gasteiger partial charge >= 0.3 is 5.97 Å². The summed E-state index contributed by atoms with van der Waals surface area (Å²) in [5.41, 5.74) is 16.0. The lowest BCUT2D eigenvalue weighted by Crippen LogP contribution is -2.45. The molecule has 0 saturated heterocycles. The lowest BCUT2D eigenvalue weighted by atomic mass is 10.1. The number of rotatable bonds is 10. The number of ether oxygens (including phenoxy) is 1. The van der Waals surface area contributed by atoms with Crippen LogP contribution in [0, 0.1) is 0 Å². The van der Waals surface area contributed by atoms with Crippen molar-refractivity contribution < 1.29 is 19.1 Å². The Bertz CT molecular complexity index is 408. The molecule has 8 N–H and O–H groups in total. The fraction of sp³-hybridized carbons (Fsp3) is 0.667. The van der Waals surface area contributed by atoms with E-state index < -0.39 is 23.8 Å². The van der Waals surface area contributed by atoms with Crippen molar-refractivity contribution >= 4 is 23.7 Å². The molecule has 0 heterocycles. The molecule has 0 aromatic rings. The van der Waals surface area contributed by atoms with Crippen molar-refractivity contribution in [1.82, 2.24) is 10.6 Å².